The number of anilines is 1. The Labute approximate surface area is 197 Å². The molecule has 4 rings (SSSR count). The minimum absolute atomic E-state index is 0.145. The third-order valence-corrected chi connectivity index (χ3v) is 7.21. The molecule has 1 heterocycles. The van der Waals surface area contributed by atoms with Crippen LogP contribution in [0.15, 0.2) is 77.7 Å². The van der Waals surface area contributed by atoms with E-state index in [1.54, 1.807) is 54.6 Å². The number of fused-ring (bicyclic) bond motifs is 1. The summed E-state index contributed by atoms with van der Waals surface area (Å²) < 4.78 is 39.5. The number of rotatable bonds is 7. The minimum Gasteiger partial charge on any atom is -0.490 e. The van der Waals surface area contributed by atoms with Crippen LogP contribution in [-0.4, -0.2) is 40.1 Å². The van der Waals surface area contributed by atoms with Crippen molar-refractivity contribution in [3.8, 4) is 11.5 Å². The molecule has 1 atom stereocenters. The van der Waals surface area contributed by atoms with Crippen molar-refractivity contribution in [1.29, 1.82) is 0 Å². The van der Waals surface area contributed by atoms with Crippen molar-refractivity contribution in [2.24, 2.45) is 0 Å². The lowest BCUT2D eigenvalue weighted by atomic mass is 10.1. The largest absolute Gasteiger partial charge is 0.490 e. The maximum atomic E-state index is 13.4. The predicted molar refractivity (Wildman–Crippen MR) is 127 cm³/mol. The first kappa shape index (κ1) is 22.9. The maximum absolute atomic E-state index is 13.4. The summed E-state index contributed by atoms with van der Waals surface area (Å²) >= 11 is 6.06. The van der Waals surface area contributed by atoms with Gasteiger partial charge in [-0.3, -0.25) is 9.10 Å². The van der Waals surface area contributed by atoms with Gasteiger partial charge in [0.2, 0.25) is 0 Å². The molecule has 3 aromatic rings. The highest BCUT2D eigenvalue weighted by atomic mass is 35.5. The van der Waals surface area contributed by atoms with Gasteiger partial charge in [-0.2, -0.15) is 0 Å². The quantitative estimate of drug-likeness (QED) is 0.513. The maximum Gasteiger partial charge on any atom is 0.264 e. The molecule has 0 fully saturated rings. The highest BCUT2D eigenvalue weighted by Crippen LogP contribution is 2.37. The first-order valence-corrected chi connectivity index (χ1v) is 12.2. The average molecular weight is 487 g/mol. The molecule has 9 heteroatoms. The van der Waals surface area contributed by atoms with Gasteiger partial charge in [-0.15, -0.1) is 0 Å². The van der Waals surface area contributed by atoms with Crippen LogP contribution in [-0.2, 0) is 14.8 Å². The number of hydrogen-bond donors (Lipinski definition) is 1. The monoisotopic (exact) mass is 486 g/mol. The number of halogens is 1. The molecular formula is C24H23ClN2O5S. The van der Waals surface area contributed by atoms with Crippen LogP contribution in [0.1, 0.15) is 5.56 Å². The van der Waals surface area contributed by atoms with E-state index in [1.807, 2.05) is 13.0 Å². The summed E-state index contributed by atoms with van der Waals surface area (Å²) in [5, 5.41) is 3.22. The topological polar surface area (TPSA) is 84.9 Å². The van der Waals surface area contributed by atoms with Gasteiger partial charge in [0.15, 0.2) is 6.10 Å². The summed E-state index contributed by atoms with van der Waals surface area (Å²) in [4.78, 5) is 13.0. The number of para-hydroxylation sites is 1. The van der Waals surface area contributed by atoms with Gasteiger partial charge in [-0.1, -0.05) is 48.0 Å². The van der Waals surface area contributed by atoms with E-state index in [4.69, 9.17) is 21.1 Å². The number of sulfonamides is 1. The molecule has 172 valence electrons. The number of benzene rings is 3. The zero-order valence-electron chi connectivity index (χ0n) is 17.9. The van der Waals surface area contributed by atoms with Gasteiger partial charge in [-0.25, -0.2) is 8.42 Å². The van der Waals surface area contributed by atoms with Crippen LogP contribution >= 0.6 is 11.6 Å². The Morgan fingerprint density at radius 2 is 1.85 bits per heavy atom. The van der Waals surface area contributed by atoms with Gasteiger partial charge in [0, 0.05) is 0 Å². The van der Waals surface area contributed by atoms with Crippen molar-refractivity contribution in [2.75, 3.05) is 24.0 Å². The Kier molecular flexibility index (Phi) is 6.76. The SMILES string of the molecule is Cc1ccc2c(c1)N(S(=O)(=O)c1ccccc1)C[C@@H](C(=O)NCCOc1ccccc1Cl)O2. The van der Waals surface area contributed by atoms with Gasteiger partial charge in [-0.05, 0) is 48.9 Å². The molecule has 3 aromatic carbocycles. The minimum atomic E-state index is -3.89. The lowest BCUT2D eigenvalue weighted by Gasteiger charge is -2.35. The van der Waals surface area contributed by atoms with Crippen molar-refractivity contribution < 1.29 is 22.7 Å². The highest BCUT2D eigenvalue weighted by molar-refractivity contribution is 7.92. The summed E-state index contributed by atoms with van der Waals surface area (Å²) in [6, 6.07) is 20.4. The molecule has 1 aliphatic rings. The first-order chi connectivity index (χ1) is 15.9. The first-order valence-electron chi connectivity index (χ1n) is 10.4. The van der Waals surface area contributed by atoms with Crippen molar-refractivity contribution in [1.82, 2.24) is 5.32 Å². The standard InChI is InChI=1S/C24H23ClN2O5S/c1-17-11-12-22-20(15-17)27(33(29,30)18-7-3-2-4-8-18)16-23(32-22)24(28)26-13-14-31-21-10-6-5-9-19(21)25/h2-12,15,23H,13-14,16H2,1H3,(H,26,28)/t23-/m0/s1. The van der Waals surface area contributed by atoms with E-state index < -0.39 is 22.0 Å². The lowest BCUT2D eigenvalue weighted by molar-refractivity contribution is -0.127. The van der Waals surface area contributed by atoms with E-state index in [-0.39, 0.29) is 24.6 Å². The van der Waals surface area contributed by atoms with E-state index in [9.17, 15) is 13.2 Å². The summed E-state index contributed by atoms with van der Waals surface area (Å²) in [6.07, 6.45) is -1.01. The van der Waals surface area contributed by atoms with Crippen molar-refractivity contribution in [3.63, 3.8) is 0 Å². The highest BCUT2D eigenvalue weighted by Gasteiger charge is 2.37. The predicted octanol–water partition coefficient (Wildman–Crippen LogP) is 3.80. The molecule has 1 N–H and O–H groups in total. The number of carbonyl (C=O) groups excluding carboxylic acids is 1. The van der Waals surface area contributed by atoms with Gasteiger partial charge < -0.3 is 14.8 Å². The molecule has 0 saturated heterocycles. The van der Waals surface area contributed by atoms with E-state index in [1.165, 1.54) is 16.4 Å². The molecule has 1 aliphatic heterocycles. The Balaban J connectivity index is 1.49. The van der Waals surface area contributed by atoms with Crippen molar-refractivity contribution >= 4 is 33.2 Å². The zero-order valence-corrected chi connectivity index (χ0v) is 19.5. The number of ether oxygens (including phenoxy) is 2. The van der Waals surface area contributed by atoms with Crippen LogP contribution in [0.2, 0.25) is 5.02 Å². The molecule has 0 bridgehead atoms. The molecule has 0 spiro atoms. The number of amides is 1. The van der Waals surface area contributed by atoms with Gasteiger partial charge in [0.05, 0.1) is 28.7 Å². The zero-order chi connectivity index (χ0) is 23.4. The van der Waals surface area contributed by atoms with Crippen LogP contribution in [0.25, 0.3) is 0 Å². The molecule has 0 aliphatic carbocycles. The second-order valence-corrected chi connectivity index (χ2v) is 9.77. The van der Waals surface area contributed by atoms with E-state index >= 15 is 0 Å². The molecule has 7 nitrogen and oxygen atoms in total. The second-order valence-electron chi connectivity index (χ2n) is 7.50. The van der Waals surface area contributed by atoms with Crippen LogP contribution < -0.4 is 19.1 Å². The summed E-state index contributed by atoms with van der Waals surface area (Å²) in [5.74, 6) is 0.419. The number of nitrogens with zero attached hydrogens (tertiary/aromatic N) is 1. The summed E-state index contributed by atoms with van der Waals surface area (Å²) in [5.41, 5.74) is 1.29. The summed E-state index contributed by atoms with van der Waals surface area (Å²) in [7, 11) is -3.89. The number of carbonyl (C=O) groups is 1. The van der Waals surface area contributed by atoms with E-state index in [0.29, 0.717) is 22.2 Å². The fraction of sp³-hybridized carbons (Fsp3) is 0.208. The molecule has 0 radical (unpaired) electrons. The number of hydrogen-bond acceptors (Lipinski definition) is 5. The molecular weight excluding hydrogens is 464 g/mol. The second kappa shape index (κ2) is 9.72. The van der Waals surface area contributed by atoms with Gasteiger partial charge in [0.1, 0.15) is 18.1 Å². The van der Waals surface area contributed by atoms with Crippen LogP contribution in [0.3, 0.4) is 0 Å². The fourth-order valence-corrected chi connectivity index (χ4v) is 5.14. The molecule has 33 heavy (non-hydrogen) atoms. The van der Waals surface area contributed by atoms with Gasteiger partial charge in [0.25, 0.3) is 15.9 Å². The molecule has 1 amide bonds. The van der Waals surface area contributed by atoms with E-state index in [0.717, 1.165) is 5.56 Å². The summed E-state index contributed by atoms with van der Waals surface area (Å²) in [6.45, 7) is 2.12. The van der Waals surface area contributed by atoms with Crippen LogP contribution in [0.4, 0.5) is 5.69 Å². The third-order valence-electron chi connectivity index (χ3n) is 5.10. The van der Waals surface area contributed by atoms with E-state index in [2.05, 4.69) is 5.32 Å². The fourth-order valence-electron chi connectivity index (χ4n) is 3.46. The van der Waals surface area contributed by atoms with Crippen LogP contribution in [0, 0.1) is 6.92 Å². The number of nitrogens with one attached hydrogen (secondary N) is 1. The average Bonchev–Trinajstić information content (AvgIpc) is 2.82. The van der Waals surface area contributed by atoms with Gasteiger partial charge >= 0.3 is 0 Å². The lowest BCUT2D eigenvalue weighted by Crippen LogP contribution is -2.51. The molecule has 0 saturated carbocycles. The Bertz CT molecular complexity index is 1250. The third kappa shape index (κ3) is 5.07. The Morgan fingerprint density at radius 1 is 1.12 bits per heavy atom. The number of aryl methyl sites for hydroxylation is 1. The van der Waals surface area contributed by atoms with Crippen molar-refractivity contribution in [3.05, 3.63) is 83.4 Å². The Morgan fingerprint density at radius 3 is 2.61 bits per heavy atom. The van der Waals surface area contributed by atoms with Crippen molar-refractivity contribution in [2.45, 2.75) is 17.9 Å². The molecule has 0 aromatic heterocycles. The normalized spacial score (nSPS) is 15.3. The Hall–Kier alpha value is -3.23. The molecule has 0 unspecified atom stereocenters. The van der Waals surface area contributed by atoms with Crippen LogP contribution in [0.5, 0.6) is 11.5 Å². The smallest absolute Gasteiger partial charge is 0.264 e.